The molecule has 0 aliphatic carbocycles. The number of nitrogens with zero attached hydrogens (tertiary/aromatic N) is 1. The van der Waals surface area contributed by atoms with Crippen molar-refractivity contribution in [3.63, 3.8) is 0 Å². The molecule has 9 aromatic carbocycles. The zero-order valence-electron chi connectivity index (χ0n) is 29.8. The van der Waals surface area contributed by atoms with Crippen LogP contribution in [0.1, 0.15) is 11.8 Å². The van der Waals surface area contributed by atoms with Crippen LogP contribution in [0.3, 0.4) is 0 Å². The molecule has 260 valence electrons. The average molecular weight is 707 g/mol. The van der Waals surface area contributed by atoms with Gasteiger partial charge in [0.1, 0.15) is 11.2 Å². The highest BCUT2D eigenvalue weighted by atomic mass is 16.5. The van der Waals surface area contributed by atoms with Gasteiger partial charge in [0.2, 0.25) is 0 Å². The van der Waals surface area contributed by atoms with Crippen molar-refractivity contribution in [2.45, 2.75) is 6.23 Å². The minimum Gasteiger partial charge on any atom is -0.464 e. The van der Waals surface area contributed by atoms with Gasteiger partial charge in [-0.25, -0.2) is 0 Å². The van der Waals surface area contributed by atoms with Gasteiger partial charge in [-0.2, -0.15) is 0 Å². The van der Waals surface area contributed by atoms with Crippen molar-refractivity contribution in [3.8, 4) is 28.0 Å². The highest BCUT2D eigenvalue weighted by Crippen LogP contribution is 2.45. The van der Waals surface area contributed by atoms with Crippen LogP contribution in [0.15, 0.2) is 199 Å². The maximum Gasteiger partial charge on any atom is 0.196 e. The van der Waals surface area contributed by atoms with Crippen LogP contribution in [0.4, 0.5) is 22.7 Å². The summed E-state index contributed by atoms with van der Waals surface area (Å²) >= 11 is 0. The van der Waals surface area contributed by atoms with E-state index >= 15 is 0 Å². The van der Waals surface area contributed by atoms with Crippen molar-refractivity contribution in [3.05, 3.63) is 200 Å². The molecule has 0 fully saturated rings. The summed E-state index contributed by atoms with van der Waals surface area (Å²) in [5, 5.41) is 10.5. The Kier molecular flexibility index (Phi) is 7.20. The predicted octanol–water partition coefficient (Wildman–Crippen LogP) is 14.2. The van der Waals surface area contributed by atoms with E-state index in [0.717, 1.165) is 72.5 Å². The fourth-order valence-electron chi connectivity index (χ4n) is 8.13. The molecule has 1 aliphatic heterocycles. The molecule has 4 heteroatoms. The third-order valence-electron chi connectivity index (χ3n) is 10.9. The van der Waals surface area contributed by atoms with E-state index < -0.39 is 0 Å². The van der Waals surface area contributed by atoms with Gasteiger partial charge in [0, 0.05) is 44.9 Å². The second kappa shape index (κ2) is 12.7. The van der Waals surface area contributed by atoms with Crippen molar-refractivity contribution >= 4 is 66.2 Å². The number of benzene rings is 9. The van der Waals surface area contributed by atoms with Crippen LogP contribution >= 0.6 is 0 Å². The Bertz CT molecular complexity index is 3030. The summed E-state index contributed by atoms with van der Waals surface area (Å²) in [6.45, 7) is 0. The minimum absolute atomic E-state index is 0.204. The lowest BCUT2D eigenvalue weighted by atomic mass is 9.96. The van der Waals surface area contributed by atoms with Crippen LogP contribution in [0.25, 0.3) is 65.7 Å². The first-order valence-corrected chi connectivity index (χ1v) is 18.7. The first-order chi connectivity index (χ1) is 27.2. The van der Waals surface area contributed by atoms with Crippen LogP contribution in [0.2, 0.25) is 0 Å². The molecule has 2 heterocycles. The Labute approximate surface area is 318 Å². The Morgan fingerprint density at radius 3 is 1.76 bits per heavy atom. The van der Waals surface area contributed by atoms with E-state index in [1.165, 1.54) is 27.3 Å². The highest BCUT2D eigenvalue weighted by Gasteiger charge is 2.25. The second-order valence-electron chi connectivity index (χ2n) is 14.2. The second-order valence-corrected chi connectivity index (χ2v) is 14.2. The lowest BCUT2D eigenvalue weighted by Crippen LogP contribution is -2.09. The Morgan fingerprint density at radius 1 is 0.400 bits per heavy atom. The molecule has 11 rings (SSSR count). The van der Waals surface area contributed by atoms with Gasteiger partial charge < -0.3 is 19.4 Å². The molecule has 0 amide bonds. The molecule has 4 nitrogen and oxygen atoms in total. The Balaban J connectivity index is 0.969. The molecule has 10 aromatic rings. The van der Waals surface area contributed by atoms with Gasteiger partial charge in [0.05, 0.1) is 5.69 Å². The first-order valence-electron chi connectivity index (χ1n) is 18.7. The lowest BCUT2D eigenvalue weighted by Gasteiger charge is -2.26. The highest BCUT2D eigenvalue weighted by molar-refractivity contribution is 6.12. The number of nitrogens with one attached hydrogen (secondary N) is 1. The van der Waals surface area contributed by atoms with E-state index in [0.29, 0.717) is 0 Å². The molecule has 1 atom stereocenters. The van der Waals surface area contributed by atoms with Gasteiger partial charge in [0.15, 0.2) is 12.0 Å². The lowest BCUT2D eigenvalue weighted by molar-refractivity contribution is 0.262. The van der Waals surface area contributed by atoms with Crippen molar-refractivity contribution in [2.75, 3.05) is 10.2 Å². The zero-order valence-corrected chi connectivity index (χ0v) is 29.8. The Hall–Kier alpha value is -7.30. The fraction of sp³-hybridized carbons (Fsp3) is 0.0196. The Morgan fingerprint density at radius 2 is 0.982 bits per heavy atom. The number of hydrogen-bond donors (Lipinski definition) is 1. The fourth-order valence-corrected chi connectivity index (χ4v) is 8.13. The van der Waals surface area contributed by atoms with Crippen molar-refractivity contribution in [2.24, 2.45) is 0 Å². The number of rotatable bonds is 6. The van der Waals surface area contributed by atoms with E-state index in [2.05, 4.69) is 174 Å². The standard InChI is InChI=1S/C51H34N2O2/c1-3-9-33(10-4-1)34-17-22-39(23-18-34)53(41-26-28-44-43-13-7-8-14-48(43)54-49(44)32-41)40-24-19-35(20-25-40)38-16-15-36-21-27-45-42(46(36)31-38)29-30-47-50(45)55-51(52-47)37-11-5-2-6-12-37/h1-32,51-52H. The van der Waals surface area contributed by atoms with E-state index in [4.69, 9.17) is 9.15 Å². The summed E-state index contributed by atoms with van der Waals surface area (Å²) in [4.78, 5) is 2.30. The molecule has 0 spiro atoms. The largest absolute Gasteiger partial charge is 0.464 e. The number of ether oxygens (including phenoxy) is 1. The van der Waals surface area contributed by atoms with Crippen molar-refractivity contribution in [1.29, 1.82) is 0 Å². The molecule has 0 radical (unpaired) electrons. The van der Waals surface area contributed by atoms with E-state index in [1.807, 2.05) is 30.3 Å². The summed E-state index contributed by atoms with van der Waals surface area (Å²) in [5.41, 5.74) is 11.7. The maximum absolute atomic E-state index is 6.52. The zero-order chi connectivity index (χ0) is 36.3. The van der Waals surface area contributed by atoms with Crippen molar-refractivity contribution in [1.82, 2.24) is 0 Å². The molecule has 0 saturated heterocycles. The maximum atomic E-state index is 6.52. The summed E-state index contributed by atoms with van der Waals surface area (Å²) in [6.07, 6.45) is -0.204. The quantitative estimate of drug-likeness (QED) is 0.175. The summed E-state index contributed by atoms with van der Waals surface area (Å²) < 4.78 is 12.9. The summed E-state index contributed by atoms with van der Waals surface area (Å²) in [7, 11) is 0. The third-order valence-corrected chi connectivity index (χ3v) is 10.9. The molecule has 1 N–H and O–H groups in total. The number of para-hydroxylation sites is 1. The molecular weight excluding hydrogens is 673 g/mol. The van der Waals surface area contributed by atoms with Crippen molar-refractivity contribution < 1.29 is 9.15 Å². The van der Waals surface area contributed by atoms with Crippen LogP contribution < -0.4 is 15.0 Å². The number of fused-ring (bicyclic) bond motifs is 8. The van der Waals surface area contributed by atoms with Gasteiger partial charge in [-0.1, -0.05) is 127 Å². The molecule has 0 saturated carbocycles. The molecular formula is C51H34N2O2. The normalized spacial score (nSPS) is 13.6. The monoisotopic (exact) mass is 706 g/mol. The first kappa shape index (κ1) is 31.2. The van der Waals surface area contributed by atoms with Crippen LogP contribution in [-0.2, 0) is 0 Å². The number of hydrogen-bond acceptors (Lipinski definition) is 4. The van der Waals surface area contributed by atoms with E-state index in [-0.39, 0.29) is 6.23 Å². The minimum atomic E-state index is -0.204. The van der Waals surface area contributed by atoms with Gasteiger partial charge >= 0.3 is 0 Å². The average Bonchev–Trinajstić information content (AvgIpc) is 3.87. The topological polar surface area (TPSA) is 37.6 Å². The van der Waals surface area contributed by atoms with Gasteiger partial charge in [0.25, 0.3) is 0 Å². The van der Waals surface area contributed by atoms with Gasteiger partial charge in [-0.15, -0.1) is 0 Å². The van der Waals surface area contributed by atoms with E-state index in [9.17, 15) is 0 Å². The van der Waals surface area contributed by atoms with Crippen LogP contribution in [0.5, 0.6) is 5.75 Å². The number of furan rings is 1. The molecule has 1 aromatic heterocycles. The summed E-state index contributed by atoms with van der Waals surface area (Å²) in [6, 6.07) is 68.7. The summed E-state index contributed by atoms with van der Waals surface area (Å²) in [5.74, 6) is 0.903. The third kappa shape index (κ3) is 5.38. The van der Waals surface area contributed by atoms with Crippen LogP contribution in [-0.4, -0.2) is 0 Å². The van der Waals surface area contributed by atoms with Gasteiger partial charge in [-0.05, 0) is 99.1 Å². The number of anilines is 4. The van der Waals surface area contributed by atoms with Gasteiger partial charge in [-0.3, -0.25) is 0 Å². The molecule has 55 heavy (non-hydrogen) atoms. The molecule has 0 bridgehead atoms. The van der Waals surface area contributed by atoms with Crippen LogP contribution in [0, 0.1) is 0 Å². The smallest absolute Gasteiger partial charge is 0.196 e. The molecule has 1 aliphatic rings. The van der Waals surface area contributed by atoms with E-state index in [1.54, 1.807) is 0 Å². The predicted molar refractivity (Wildman–Crippen MR) is 228 cm³/mol. The molecule has 1 unspecified atom stereocenters. The SMILES string of the molecule is c1ccc(-c2ccc(N(c3ccc(-c4ccc5ccc6c7c(ccc6c5c4)NC(c4ccccc4)O7)cc3)c3ccc4c(c3)oc3ccccc34)cc2)cc1.